The lowest BCUT2D eigenvalue weighted by atomic mass is 10.2. The Hall–Kier alpha value is -1.33. The number of benzene rings is 2. The van der Waals surface area contributed by atoms with Crippen LogP contribution < -0.4 is 4.31 Å². The van der Waals surface area contributed by atoms with E-state index in [4.69, 9.17) is 0 Å². The van der Waals surface area contributed by atoms with Gasteiger partial charge in [-0.15, -0.1) is 0 Å². The van der Waals surface area contributed by atoms with Gasteiger partial charge in [0.2, 0.25) is 0 Å². The van der Waals surface area contributed by atoms with Crippen LogP contribution in [-0.4, -0.2) is 8.42 Å². The summed E-state index contributed by atoms with van der Waals surface area (Å²) in [5.41, 5.74) is 1.53. The Labute approximate surface area is 114 Å². The van der Waals surface area contributed by atoms with Crippen molar-refractivity contribution in [2.45, 2.75) is 11.4 Å². The van der Waals surface area contributed by atoms with Crippen LogP contribution in [-0.2, 0) is 16.6 Å². The Balaban J connectivity index is 2.14. The number of halogens is 1. The van der Waals surface area contributed by atoms with E-state index in [1.165, 1.54) is 4.31 Å². The van der Waals surface area contributed by atoms with Crippen LogP contribution in [0.15, 0.2) is 57.9 Å². The molecule has 0 fully saturated rings. The highest BCUT2D eigenvalue weighted by atomic mass is 79.9. The predicted octanol–water partition coefficient (Wildman–Crippen LogP) is 3.16. The summed E-state index contributed by atoms with van der Waals surface area (Å²) in [7, 11) is -3.40. The van der Waals surface area contributed by atoms with Crippen molar-refractivity contribution in [1.82, 2.24) is 0 Å². The Morgan fingerprint density at radius 2 is 1.78 bits per heavy atom. The average Bonchev–Trinajstić information content (AvgIpc) is 2.61. The van der Waals surface area contributed by atoms with Crippen LogP contribution in [0.5, 0.6) is 0 Å². The molecule has 18 heavy (non-hydrogen) atoms. The molecule has 1 aliphatic heterocycles. The third kappa shape index (κ3) is 1.74. The summed E-state index contributed by atoms with van der Waals surface area (Å²) in [5.74, 6) is 0. The fourth-order valence-corrected chi connectivity index (χ4v) is 4.16. The molecule has 0 aromatic heterocycles. The molecule has 0 unspecified atom stereocenters. The number of nitrogens with zero attached hydrogens (tertiary/aromatic N) is 1. The molecule has 0 saturated carbocycles. The van der Waals surface area contributed by atoms with Gasteiger partial charge in [-0.05, 0) is 35.9 Å². The SMILES string of the molecule is O=S1(=O)c2ccc(Br)cc2CN1c1ccccc1. The molecule has 2 aromatic rings. The van der Waals surface area contributed by atoms with Crippen molar-refractivity contribution in [3.63, 3.8) is 0 Å². The van der Waals surface area contributed by atoms with Crippen LogP contribution in [0.1, 0.15) is 5.56 Å². The van der Waals surface area contributed by atoms with Gasteiger partial charge in [-0.25, -0.2) is 8.42 Å². The number of hydrogen-bond acceptors (Lipinski definition) is 2. The molecule has 0 amide bonds. The number of rotatable bonds is 1. The minimum Gasteiger partial charge on any atom is -0.262 e. The van der Waals surface area contributed by atoms with Crippen molar-refractivity contribution in [3.8, 4) is 0 Å². The molecule has 5 heteroatoms. The van der Waals surface area contributed by atoms with E-state index in [0.29, 0.717) is 17.1 Å². The lowest BCUT2D eigenvalue weighted by Crippen LogP contribution is -2.23. The third-order valence-corrected chi connectivity index (χ3v) is 5.32. The summed E-state index contributed by atoms with van der Waals surface area (Å²) >= 11 is 3.37. The molecule has 3 nitrogen and oxygen atoms in total. The van der Waals surface area contributed by atoms with Crippen molar-refractivity contribution < 1.29 is 8.42 Å². The summed E-state index contributed by atoms with van der Waals surface area (Å²) in [6.45, 7) is 0.390. The second-order valence-electron chi connectivity index (χ2n) is 4.10. The molecular weight excluding hydrogens is 314 g/mol. The van der Waals surface area contributed by atoms with Crippen LogP contribution in [0.25, 0.3) is 0 Å². The van der Waals surface area contributed by atoms with Crippen LogP contribution in [0.2, 0.25) is 0 Å². The van der Waals surface area contributed by atoms with Crippen molar-refractivity contribution in [2.75, 3.05) is 4.31 Å². The lowest BCUT2D eigenvalue weighted by Gasteiger charge is -2.16. The molecule has 92 valence electrons. The summed E-state index contributed by atoms with van der Waals surface area (Å²) in [5, 5.41) is 0. The molecule has 0 saturated heterocycles. The highest BCUT2D eigenvalue weighted by molar-refractivity contribution is 9.10. The zero-order valence-electron chi connectivity index (χ0n) is 9.38. The molecule has 3 rings (SSSR count). The first-order valence-electron chi connectivity index (χ1n) is 5.45. The number of sulfonamides is 1. The van der Waals surface area contributed by atoms with Gasteiger partial charge in [0, 0.05) is 4.47 Å². The van der Waals surface area contributed by atoms with Gasteiger partial charge < -0.3 is 0 Å². The fourth-order valence-electron chi connectivity index (χ4n) is 2.11. The molecule has 0 N–H and O–H groups in total. The van der Waals surface area contributed by atoms with E-state index in [2.05, 4.69) is 15.9 Å². The molecule has 1 aliphatic rings. The summed E-state index contributed by atoms with van der Waals surface area (Å²) < 4.78 is 27.1. The van der Waals surface area contributed by atoms with Crippen molar-refractivity contribution in [1.29, 1.82) is 0 Å². The van der Waals surface area contributed by atoms with Crippen molar-refractivity contribution in [3.05, 3.63) is 58.6 Å². The van der Waals surface area contributed by atoms with Crippen molar-refractivity contribution >= 4 is 31.6 Å². The van der Waals surface area contributed by atoms with E-state index in [-0.39, 0.29) is 0 Å². The van der Waals surface area contributed by atoms with Gasteiger partial charge in [-0.3, -0.25) is 4.31 Å². The standard InChI is InChI=1S/C13H10BrNO2S/c14-11-6-7-13-10(8-11)9-15(18(13,16)17)12-4-2-1-3-5-12/h1-8H,9H2. The normalized spacial score (nSPS) is 16.6. The van der Waals surface area contributed by atoms with Crippen LogP contribution in [0.3, 0.4) is 0 Å². The Kier molecular flexibility index (Phi) is 2.68. The largest absolute Gasteiger partial charge is 0.264 e. The summed E-state index contributed by atoms with van der Waals surface area (Å²) in [6.07, 6.45) is 0. The lowest BCUT2D eigenvalue weighted by molar-refractivity contribution is 0.596. The van der Waals surface area contributed by atoms with Gasteiger partial charge in [0.25, 0.3) is 10.0 Å². The maximum Gasteiger partial charge on any atom is 0.264 e. The third-order valence-electron chi connectivity index (χ3n) is 2.95. The van der Waals surface area contributed by atoms with Gasteiger partial charge in [-0.2, -0.15) is 0 Å². The summed E-state index contributed by atoms with van der Waals surface area (Å²) in [4.78, 5) is 0.398. The molecule has 0 atom stereocenters. The highest BCUT2D eigenvalue weighted by Gasteiger charge is 2.34. The van der Waals surface area contributed by atoms with E-state index < -0.39 is 10.0 Å². The second kappa shape index (κ2) is 4.10. The van der Waals surface area contributed by atoms with Gasteiger partial charge in [-0.1, -0.05) is 34.1 Å². The van der Waals surface area contributed by atoms with Crippen molar-refractivity contribution in [2.24, 2.45) is 0 Å². The van der Waals surface area contributed by atoms with E-state index in [9.17, 15) is 8.42 Å². The molecule has 1 heterocycles. The maximum absolute atomic E-state index is 12.4. The van der Waals surface area contributed by atoms with Gasteiger partial charge >= 0.3 is 0 Å². The van der Waals surface area contributed by atoms with Gasteiger partial charge in [0.15, 0.2) is 0 Å². The first-order chi connectivity index (χ1) is 8.59. The molecule has 0 aliphatic carbocycles. The van der Waals surface area contributed by atoms with Gasteiger partial charge in [0.05, 0.1) is 17.1 Å². The Bertz CT molecular complexity index is 698. The second-order valence-corrected chi connectivity index (χ2v) is 6.85. The Morgan fingerprint density at radius 3 is 2.50 bits per heavy atom. The van der Waals surface area contributed by atoms with E-state index in [1.807, 2.05) is 24.3 Å². The zero-order chi connectivity index (χ0) is 12.8. The van der Waals surface area contributed by atoms with Crippen LogP contribution in [0, 0.1) is 0 Å². The fraction of sp³-hybridized carbons (Fsp3) is 0.0769. The Morgan fingerprint density at radius 1 is 1.06 bits per heavy atom. The first-order valence-corrected chi connectivity index (χ1v) is 7.68. The monoisotopic (exact) mass is 323 g/mol. The van der Waals surface area contributed by atoms with Crippen LogP contribution in [0.4, 0.5) is 5.69 Å². The maximum atomic E-state index is 12.4. The smallest absolute Gasteiger partial charge is 0.262 e. The summed E-state index contributed by atoms with van der Waals surface area (Å²) in [6, 6.07) is 14.4. The molecule has 0 bridgehead atoms. The predicted molar refractivity (Wildman–Crippen MR) is 74.0 cm³/mol. The average molecular weight is 324 g/mol. The number of anilines is 1. The first kappa shape index (κ1) is 11.7. The molecule has 0 spiro atoms. The van der Waals surface area contributed by atoms with E-state index >= 15 is 0 Å². The van der Waals surface area contributed by atoms with Crippen LogP contribution >= 0.6 is 15.9 Å². The van der Waals surface area contributed by atoms with Gasteiger partial charge in [0.1, 0.15) is 0 Å². The molecule has 0 radical (unpaired) electrons. The minimum atomic E-state index is -3.40. The zero-order valence-corrected chi connectivity index (χ0v) is 11.8. The van der Waals surface area contributed by atoms with E-state index in [1.54, 1.807) is 24.3 Å². The highest BCUT2D eigenvalue weighted by Crippen LogP contribution is 2.35. The number of para-hydroxylation sites is 1. The number of hydrogen-bond donors (Lipinski definition) is 0. The minimum absolute atomic E-state index is 0.390. The quantitative estimate of drug-likeness (QED) is 0.808. The van der Waals surface area contributed by atoms with E-state index in [0.717, 1.165) is 10.0 Å². The molecule has 2 aromatic carbocycles. The number of fused-ring (bicyclic) bond motifs is 1. The molecular formula is C13H10BrNO2S. The topological polar surface area (TPSA) is 37.4 Å².